The molecule has 0 aliphatic carbocycles. The summed E-state index contributed by atoms with van der Waals surface area (Å²) in [7, 11) is 0. The molecular formula is C24H23Cl2NO2. The summed E-state index contributed by atoms with van der Waals surface area (Å²) in [6, 6.07) is 24.9. The fraction of sp³-hybridized carbons (Fsp3) is 0.208. The Morgan fingerprint density at radius 1 is 0.897 bits per heavy atom. The highest BCUT2D eigenvalue weighted by Gasteiger charge is 2.21. The van der Waals surface area contributed by atoms with Gasteiger partial charge in [-0.3, -0.25) is 4.79 Å². The average Bonchev–Trinajstić information content (AvgIpc) is 2.73. The molecule has 0 aromatic heterocycles. The number of rotatable bonds is 8. The van der Waals surface area contributed by atoms with Gasteiger partial charge in [0.1, 0.15) is 5.75 Å². The Bertz CT molecular complexity index is 912. The van der Waals surface area contributed by atoms with Crippen LogP contribution in [0.2, 0.25) is 10.0 Å². The van der Waals surface area contributed by atoms with Crippen LogP contribution in [-0.2, 0) is 11.2 Å². The third kappa shape index (κ3) is 6.52. The molecule has 0 aliphatic rings. The first-order chi connectivity index (χ1) is 14.0. The Balaban J connectivity index is 1.65. The van der Waals surface area contributed by atoms with E-state index in [4.69, 9.17) is 27.9 Å². The van der Waals surface area contributed by atoms with E-state index in [0.29, 0.717) is 15.8 Å². The van der Waals surface area contributed by atoms with Crippen LogP contribution in [0.1, 0.15) is 24.0 Å². The summed E-state index contributed by atoms with van der Waals surface area (Å²) in [6.07, 6.45) is 0.792. The monoisotopic (exact) mass is 427 g/mol. The molecule has 0 fully saturated rings. The van der Waals surface area contributed by atoms with Gasteiger partial charge in [0.25, 0.3) is 5.91 Å². The first-order valence-electron chi connectivity index (χ1n) is 9.48. The molecule has 0 spiro atoms. The highest BCUT2D eigenvalue weighted by atomic mass is 35.5. The topological polar surface area (TPSA) is 38.3 Å². The fourth-order valence-corrected chi connectivity index (χ4v) is 3.49. The van der Waals surface area contributed by atoms with Crippen molar-refractivity contribution in [3.05, 3.63) is 100 Å². The van der Waals surface area contributed by atoms with Crippen LogP contribution in [0.3, 0.4) is 0 Å². The highest BCUT2D eigenvalue weighted by molar-refractivity contribution is 6.30. The average molecular weight is 428 g/mol. The number of carbonyl (C=O) groups is 1. The van der Waals surface area contributed by atoms with Gasteiger partial charge in [0, 0.05) is 22.0 Å². The number of benzene rings is 3. The molecule has 3 aromatic carbocycles. The minimum Gasteiger partial charge on any atom is -0.484 e. The van der Waals surface area contributed by atoms with Crippen molar-refractivity contribution in [2.45, 2.75) is 25.3 Å². The van der Waals surface area contributed by atoms with Crippen LogP contribution in [0, 0.1) is 0 Å². The lowest BCUT2D eigenvalue weighted by molar-refractivity contribution is -0.123. The molecule has 150 valence electrons. The first kappa shape index (κ1) is 21.2. The summed E-state index contributed by atoms with van der Waals surface area (Å²) in [6.45, 7) is 1.97. The number of amides is 1. The standard InChI is InChI=1S/C24H23Cl2NO2/c1-17(27-24(28)16-29-22-13-11-21(26)12-14-22)23(19-5-3-2-4-6-19)15-18-7-9-20(25)10-8-18/h2-14,17,23H,15-16H2,1H3,(H,27,28). The number of nitrogens with one attached hydrogen (secondary N) is 1. The summed E-state index contributed by atoms with van der Waals surface area (Å²) in [5.41, 5.74) is 2.34. The number of hydrogen-bond donors (Lipinski definition) is 1. The Hall–Kier alpha value is -2.49. The van der Waals surface area contributed by atoms with Crippen molar-refractivity contribution in [3.8, 4) is 5.75 Å². The maximum absolute atomic E-state index is 12.4. The summed E-state index contributed by atoms with van der Waals surface area (Å²) >= 11 is 11.9. The van der Waals surface area contributed by atoms with Gasteiger partial charge >= 0.3 is 0 Å². The molecule has 5 heteroatoms. The van der Waals surface area contributed by atoms with Crippen LogP contribution in [0.4, 0.5) is 0 Å². The molecule has 0 aliphatic heterocycles. The molecule has 3 rings (SSSR count). The van der Waals surface area contributed by atoms with Crippen LogP contribution < -0.4 is 10.1 Å². The number of carbonyl (C=O) groups excluding carboxylic acids is 1. The van der Waals surface area contributed by atoms with Crippen LogP contribution >= 0.6 is 23.2 Å². The summed E-state index contributed by atoms with van der Waals surface area (Å²) < 4.78 is 5.56. The predicted molar refractivity (Wildman–Crippen MR) is 119 cm³/mol. The molecule has 0 saturated heterocycles. The summed E-state index contributed by atoms with van der Waals surface area (Å²) in [5, 5.41) is 4.42. The van der Waals surface area contributed by atoms with Gasteiger partial charge in [-0.05, 0) is 60.9 Å². The normalized spacial score (nSPS) is 12.8. The van der Waals surface area contributed by atoms with Crippen molar-refractivity contribution in [1.29, 1.82) is 0 Å². The Morgan fingerprint density at radius 2 is 1.48 bits per heavy atom. The third-order valence-corrected chi connectivity index (χ3v) is 5.28. The molecule has 3 aromatic rings. The first-order valence-corrected chi connectivity index (χ1v) is 10.2. The van der Waals surface area contributed by atoms with Crippen molar-refractivity contribution < 1.29 is 9.53 Å². The largest absolute Gasteiger partial charge is 0.484 e. The second kappa shape index (κ2) is 10.3. The zero-order valence-corrected chi connectivity index (χ0v) is 17.7. The van der Waals surface area contributed by atoms with Crippen molar-refractivity contribution >= 4 is 29.1 Å². The van der Waals surface area contributed by atoms with Crippen LogP contribution in [-0.4, -0.2) is 18.6 Å². The maximum atomic E-state index is 12.4. The van der Waals surface area contributed by atoms with Gasteiger partial charge in [0.05, 0.1) is 0 Å². The van der Waals surface area contributed by atoms with E-state index < -0.39 is 0 Å². The molecule has 2 unspecified atom stereocenters. The maximum Gasteiger partial charge on any atom is 0.258 e. The summed E-state index contributed by atoms with van der Waals surface area (Å²) in [4.78, 5) is 12.4. The van der Waals surface area contributed by atoms with E-state index in [1.165, 1.54) is 11.1 Å². The van der Waals surface area contributed by atoms with Crippen molar-refractivity contribution in [2.75, 3.05) is 6.61 Å². The van der Waals surface area contributed by atoms with Gasteiger partial charge in [-0.1, -0.05) is 65.7 Å². The van der Waals surface area contributed by atoms with Crippen LogP contribution in [0.15, 0.2) is 78.9 Å². The Morgan fingerprint density at radius 3 is 2.10 bits per heavy atom. The zero-order valence-electron chi connectivity index (χ0n) is 16.1. The fourth-order valence-electron chi connectivity index (χ4n) is 3.23. The quantitative estimate of drug-likeness (QED) is 0.485. The summed E-state index contributed by atoms with van der Waals surface area (Å²) in [5.74, 6) is 0.569. The Labute approximate surface area is 181 Å². The highest BCUT2D eigenvalue weighted by Crippen LogP contribution is 2.25. The van der Waals surface area contributed by atoms with Gasteiger partial charge in [0.15, 0.2) is 6.61 Å². The van der Waals surface area contributed by atoms with Gasteiger partial charge in [-0.15, -0.1) is 0 Å². The third-order valence-electron chi connectivity index (χ3n) is 4.77. The second-order valence-electron chi connectivity index (χ2n) is 6.95. The van der Waals surface area contributed by atoms with E-state index >= 15 is 0 Å². The SMILES string of the molecule is CC(NC(=O)COc1ccc(Cl)cc1)C(Cc1ccc(Cl)cc1)c1ccccc1. The van der Waals surface area contributed by atoms with E-state index in [0.717, 1.165) is 6.42 Å². The molecule has 3 nitrogen and oxygen atoms in total. The molecule has 29 heavy (non-hydrogen) atoms. The lowest BCUT2D eigenvalue weighted by Crippen LogP contribution is -2.40. The lowest BCUT2D eigenvalue weighted by Gasteiger charge is -2.26. The van der Waals surface area contributed by atoms with Gasteiger partial charge in [0.2, 0.25) is 0 Å². The number of halogens is 2. The predicted octanol–water partition coefficient (Wildman–Crippen LogP) is 5.90. The molecule has 1 amide bonds. The molecule has 0 radical (unpaired) electrons. The lowest BCUT2D eigenvalue weighted by atomic mass is 9.86. The van der Waals surface area contributed by atoms with E-state index in [9.17, 15) is 4.79 Å². The van der Waals surface area contributed by atoms with Crippen molar-refractivity contribution in [3.63, 3.8) is 0 Å². The molecule has 0 heterocycles. The van der Waals surface area contributed by atoms with E-state index in [1.807, 2.05) is 49.4 Å². The van der Waals surface area contributed by atoms with Gasteiger partial charge in [-0.2, -0.15) is 0 Å². The van der Waals surface area contributed by atoms with Gasteiger partial charge in [-0.25, -0.2) is 0 Å². The Kier molecular flexibility index (Phi) is 7.56. The van der Waals surface area contributed by atoms with Crippen molar-refractivity contribution in [2.24, 2.45) is 0 Å². The number of hydrogen-bond acceptors (Lipinski definition) is 2. The van der Waals surface area contributed by atoms with E-state index in [2.05, 4.69) is 17.4 Å². The zero-order chi connectivity index (χ0) is 20.6. The molecule has 1 N–H and O–H groups in total. The minimum atomic E-state index is -0.163. The minimum absolute atomic E-state index is 0.0472. The van der Waals surface area contributed by atoms with Crippen LogP contribution in [0.25, 0.3) is 0 Å². The molecule has 0 bridgehead atoms. The number of ether oxygens (including phenoxy) is 1. The molecule has 2 atom stereocenters. The molecular weight excluding hydrogens is 405 g/mol. The van der Waals surface area contributed by atoms with E-state index in [1.54, 1.807) is 24.3 Å². The van der Waals surface area contributed by atoms with Gasteiger partial charge < -0.3 is 10.1 Å². The molecule has 0 saturated carbocycles. The van der Waals surface area contributed by atoms with Crippen LogP contribution in [0.5, 0.6) is 5.75 Å². The second-order valence-corrected chi connectivity index (χ2v) is 7.82. The van der Waals surface area contributed by atoms with Crippen molar-refractivity contribution in [1.82, 2.24) is 5.32 Å². The van der Waals surface area contributed by atoms with E-state index in [-0.39, 0.29) is 24.5 Å². The smallest absolute Gasteiger partial charge is 0.258 e.